The molecule has 0 aromatic carbocycles. The summed E-state index contributed by atoms with van der Waals surface area (Å²) in [5, 5.41) is 0. The number of rotatable bonds is 3. The molecule has 6 heteroatoms. The Morgan fingerprint density at radius 1 is 1.00 bits per heavy atom. The first-order valence-corrected chi connectivity index (χ1v) is 6.27. The van der Waals surface area contributed by atoms with Gasteiger partial charge >= 0.3 is 5.97 Å². The van der Waals surface area contributed by atoms with Gasteiger partial charge in [-0.2, -0.15) is 0 Å². The van der Waals surface area contributed by atoms with E-state index in [-0.39, 0.29) is 17.9 Å². The van der Waals surface area contributed by atoms with Crippen LogP contribution >= 0.6 is 0 Å². The lowest BCUT2D eigenvalue weighted by atomic mass is 9.98. The van der Waals surface area contributed by atoms with Crippen LogP contribution in [0.4, 0.5) is 0 Å². The zero-order valence-electron chi connectivity index (χ0n) is 12.3. The van der Waals surface area contributed by atoms with Gasteiger partial charge in [-0.15, -0.1) is 0 Å². The molecule has 1 aliphatic heterocycles. The second-order valence-corrected chi connectivity index (χ2v) is 4.79. The molecule has 0 aliphatic carbocycles. The van der Waals surface area contributed by atoms with Crippen LogP contribution in [0.3, 0.4) is 0 Å². The second kappa shape index (κ2) is 6.54. The highest BCUT2D eigenvalue weighted by Gasteiger charge is 2.36. The number of aliphatic imine (C=N–C) groups is 2. The van der Waals surface area contributed by atoms with Crippen molar-refractivity contribution >= 4 is 17.8 Å². The maximum atomic E-state index is 11.6. The van der Waals surface area contributed by atoms with Gasteiger partial charge in [0.1, 0.15) is 12.1 Å². The van der Waals surface area contributed by atoms with Gasteiger partial charge in [0.15, 0.2) is 0 Å². The molecule has 6 nitrogen and oxygen atoms in total. The fourth-order valence-electron chi connectivity index (χ4n) is 1.96. The molecule has 19 heavy (non-hydrogen) atoms. The highest BCUT2D eigenvalue weighted by molar-refractivity contribution is 5.96. The van der Waals surface area contributed by atoms with E-state index in [1.807, 2.05) is 13.8 Å². The number of esters is 1. The first-order chi connectivity index (χ1) is 8.96. The molecule has 0 fully saturated rings. The standard InChI is InChI=1S/C13H22N2O4/c1-7(2)9-11(17-4)15-10(12(14-9)18-5)8(3)13(16)19-6/h7-10H,1-6H3/t8-,9-,10+/m1/s1. The Morgan fingerprint density at radius 3 is 1.89 bits per heavy atom. The lowest BCUT2D eigenvalue weighted by Crippen LogP contribution is -2.42. The predicted molar refractivity (Wildman–Crippen MR) is 72.5 cm³/mol. The van der Waals surface area contributed by atoms with E-state index in [9.17, 15) is 4.79 Å². The molecular weight excluding hydrogens is 248 g/mol. The Hall–Kier alpha value is -1.59. The SMILES string of the molecule is COC(=O)[C@H](C)[C@@H]1N=C(OC)[C@@H](C(C)C)N=C1OC. The van der Waals surface area contributed by atoms with Crippen molar-refractivity contribution in [3.8, 4) is 0 Å². The van der Waals surface area contributed by atoms with Crippen LogP contribution in [0.1, 0.15) is 20.8 Å². The fourth-order valence-corrected chi connectivity index (χ4v) is 1.96. The Kier molecular flexibility index (Phi) is 5.32. The lowest BCUT2D eigenvalue weighted by molar-refractivity contribution is -0.145. The Morgan fingerprint density at radius 2 is 1.47 bits per heavy atom. The highest BCUT2D eigenvalue weighted by atomic mass is 16.5. The van der Waals surface area contributed by atoms with Crippen molar-refractivity contribution in [2.75, 3.05) is 21.3 Å². The van der Waals surface area contributed by atoms with Crippen LogP contribution in [0.5, 0.6) is 0 Å². The Balaban J connectivity index is 3.08. The Labute approximate surface area is 113 Å². The quantitative estimate of drug-likeness (QED) is 0.725. The van der Waals surface area contributed by atoms with E-state index >= 15 is 0 Å². The average molecular weight is 270 g/mol. The normalized spacial score (nSPS) is 24.4. The number of carbonyl (C=O) groups excluding carboxylic acids is 1. The van der Waals surface area contributed by atoms with E-state index < -0.39 is 12.0 Å². The summed E-state index contributed by atoms with van der Waals surface area (Å²) in [6.45, 7) is 5.79. The molecule has 0 saturated carbocycles. The molecule has 0 aromatic rings. The van der Waals surface area contributed by atoms with Crippen molar-refractivity contribution in [3.05, 3.63) is 0 Å². The van der Waals surface area contributed by atoms with Gasteiger partial charge < -0.3 is 14.2 Å². The topological polar surface area (TPSA) is 69.5 Å². The molecule has 108 valence electrons. The summed E-state index contributed by atoms with van der Waals surface area (Å²) >= 11 is 0. The van der Waals surface area contributed by atoms with Gasteiger partial charge in [0.05, 0.1) is 27.2 Å². The number of hydrogen-bond acceptors (Lipinski definition) is 6. The zero-order valence-corrected chi connectivity index (χ0v) is 12.3. The van der Waals surface area contributed by atoms with Crippen LogP contribution in [0.15, 0.2) is 9.98 Å². The molecule has 1 heterocycles. The number of carbonyl (C=O) groups is 1. The first kappa shape index (κ1) is 15.5. The average Bonchev–Trinajstić information content (AvgIpc) is 2.43. The van der Waals surface area contributed by atoms with E-state index in [4.69, 9.17) is 14.2 Å². The minimum atomic E-state index is -0.498. The van der Waals surface area contributed by atoms with Gasteiger partial charge in [0.25, 0.3) is 0 Å². The van der Waals surface area contributed by atoms with Crippen molar-refractivity contribution in [1.82, 2.24) is 0 Å². The third kappa shape index (κ3) is 3.24. The maximum absolute atomic E-state index is 11.6. The van der Waals surface area contributed by atoms with Crippen molar-refractivity contribution in [3.63, 3.8) is 0 Å². The van der Waals surface area contributed by atoms with Crippen LogP contribution in [0.2, 0.25) is 0 Å². The molecule has 0 radical (unpaired) electrons. The third-order valence-electron chi connectivity index (χ3n) is 3.14. The fraction of sp³-hybridized carbons (Fsp3) is 0.769. The van der Waals surface area contributed by atoms with E-state index in [1.54, 1.807) is 14.0 Å². The Bertz CT molecular complexity index is 390. The van der Waals surface area contributed by atoms with Gasteiger partial charge in [-0.1, -0.05) is 13.8 Å². The molecule has 1 rings (SSSR count). The minimum Gasteiger partial charge on any atom is -0.483 e. The predicted octanol–water partition coefficient (Wildman–Crippen LogP) is 1.29. The van der Waals surface area contributed by atoms with Crippen molar-refractivity contribution < 1.29 is 19.0 Å². The summed E-state index contributed by atoms with van der Waals surface area (Å²) < 4.78 is 15.3. The minimum absolute atomic E-state index is 0.180. The summed E-state index contributed by atoms with van der Waals surface area (Å²) in [5.41, 5.74) is 0. The van der Waals surface area contributed by atoms with E-state index in [1.165, 1.54) is 14.2 Å². The summed E-state index contributed by atoms with van der Waals surface area (Å²) in [4.78, 5) is 20.6. The monoisotopic (exact) mass is 270 g/mol. The zero-order chi connectivity index (χ0) is 14.6. The maximum Gasteiger partial charge on any atom is 0.311 e. The number of hydrogen-bond donors (Lipinski definition) is 0. The van der Waals surface area contributed by atoms with Crippen LogP contribution in [0.25, 0.3) is 0 Å². The van der Waals surface area contributed by atoms with Crippen LogP contribution in [0, 0.1) is 11.8 Å². The van der Waals surface area contributed by atoms with Crippen LogP contribution in [-0.4, -0.2) is 51.2 Å². The largest absolute Gasteiger partial charge is 0.483 e. The molecule has 1 aliphatic rings. The summed E-state index contributed by atoms with van der Waals surface area (Å²) in [6, 6.07) is -0.677. The van der Waals surface area contributed by atoms with Gasteiger partial charge in [0.2, 0.25) is 11.8 Å². The lowest BCUT2D eigenvalue weighted by Gasteiger charge is -2.28. The summed E-state index contributed by atoms with van der Waals surface area (Å²) in [7, 11) is 4.44. The molecule has 0 saturated heterocycles. The highest BCUT2D eigenvalue weighted by Crippen LogP contribution is 2.22. The molecule has 0 unspecified atom stereocenters. The molecular formula is C13H22N2O4. The van der Waals surface area contributed by atoms with Crippen LogP contribution < -0.4 is 0 Å². The first-order valence-electron chi connectivity index (χ1n) is 6.27. The van der Waals surface area contributed by atoms with E-state index in [2.05, 4.69) is 9.98 Å². The van der Waals surface area contributed by atoms with E-state index in [0.717, 1.165) is 0 Å². The molecule has 0 amide bonds. The molecule has 3 atom stereocenters. The van der Waals surface area contributed by atoms with Crippen molar-refractivity contribution in [1.29, 1.82) is 0 Å². The second-order valence-electron chi connectivity index (χ2n) is 4.79. The van der Waals surface area contributed by atoms with E-state index in [0.29, 0.717) is 11.8 Å². The number of ether oxygens (including phenoxy) is 3. The van der Waals surface area contributed by atoms with Gasteiger partial charge in [-0.25, -0.2) is 9.98 Å². The van der Waals surface area contributed by atoms with Gasteiger partial charge in [-0.05, 0) is 12.8 Å². The van der Waals surface area contributed by atoms with Gasteiger partial charge in [0, 0.05) is 0 Å². The molecule has 0 N–H and O–H groups in total. The smallest absolute Gasteiger partial charge is 0.311 e. The van der Waals surface area contributed by atoms with Crippen molar-refractivity contribution in [2.24, 2.45) is 21.8 Å². The summed E-state index contributed by atoms with van der Waals surface area (Å²) in [6.07, 6.45) is 0. The molecule has 0 bridgehead atoms. The third-order valence-corrected chi connectivity index (χ3v) is 3.14. The molecule has 0 spiro atoms. The summed E-state index contributed by atoms with van der Waals surface area (Å²) in [5.74, 6) is 0.381. The van der Waals surface area contributed by atoms with Crippen molar-refractivity contribution in [2.45, 2.75) is 32.9 Å². The number of nitrogens with zero attached hydrogens (tertiary/aromatic N) is 2. The molecule has 0 aromatic heterocycles. The number of methoxy groups -OCH3 is 3. The van der Waals surface area contributed by atoms with Crippen LogP contribution in [-0.2, 0) is 19.0 Å². The van der Waals surface area contributed by atoms with Gasteiger partial charge in [-0.3, -0.25) is 4.79 Å².